The van der Waals surface area contributed by atoms with Crippen LogP contribution in [0.2, 0.25) is 10.0 Å². The standard InChI is InChI=1S/C12H11Cl2NO/c1-3-10-6(2)12(16)8-4-7(13)5-9(14)11(8)15-10/h4-5H,3H2,1-2H3,(H,15,16). The minimum absolute atomic E-state index is 0.00463. The Labute approximate surface area is 103 Å². The average molecular weight is 256 g/mol. The van der Waals surface area contributed by atoms with Crippen LogP contribution in [-0.2, 0) is 6.42 Å². The van der Waals surface area contributed by atoms with Gasteiger partial charge in [0, 0.05) is 21.7 Å². The van der Waals surface area contributed by atoms with Crippen LogP contribution in [0.5, 0.6) is 0 Å². The summed E-state index contributed by atoms with van der Waals surface area (Å²) in [6, 6.07) is 3.28. The van der Waals surface area contributed by atoms with Gasteiger partial charge in [0.05, 0.1) is 10.5 Å². The molecule has 2 aromatic rings. The first kappa shape index (κ1) is 11.5. The van der Waals surface area contributed by atoms with Crippen LogP contribution in [0, 0.1) is 6.92 Å². The molecular weight excluding hydrogens is 245 g/mol. The van der Waals surface area contributed by atoms with Gasteiger partial charge >= 0.3 is 0 Å². The molecule has 0 amide bonds. The Morgan fingerprint density at radius 3 is 2.62 bits per heavy atom. The number of fused-ring (bicyclic) bond motifs is 1. The molecule has 1 aromatic carbocycles. The zero-order chi connectivity index (χ0) is 11.9. The fourth-order valence-electron chi connectivity index (χ4n) is 1.82. The molecule has 4 heteroatoms. The lowest BCUT2D eigenvalue weighted by Crippen LogP contribution is -2.11. The topological polar surface area (TPSA) is 32.9 Å². The molecule has 0 aliphatic heterocycles. The molecule has 0 aliphatic carbocycles. The molecule has 0 aliphatic rings. The fraction of sp³-hybridized carbons (Fsp3) is 0.250. The smallest absolute Gasteiger partial charge is 0.192 e. The van der Waals surface area contributed by atoms with Crippen LogP contribution >= 0.6 is 23.2 Å². The van der Waals surface area contributed by atoms with E-state index >= 15 is 0 Å². The van der Waals surface area contributed by atoms with E-state index in [1.165, 1.54) is 0 Å². The van der Waals surface area contributed by atoms with Crippen LogP contribution in [0.15, 0.2) is 16.9 Å². The maximum absolute atomic E-state index is 12.1. The number of pyridine rings is 1. The lowest BCUT2D eigenvalue weighted by molar-refractivity contribution is 1.02. The van der Waals surface area contributed by atoms with Crippen molar-refractivity contribution in [3.8, 4) is 0 Å². The van der Waals surface area contributed by atoms with E-state index in [-0.39, 0.29) is 5.43 Å². The second-order valence-corrected chi connectivity index (χ2v) is 4.57. The van der Waals surface area contributed by atoms with E-state index in [1.807, 2.05) is 13.8 Å². The van der Waals surface area contributed by atoms with Crippen LogP contribution in [0.4, 0.5) is 0 Å². The zero-order valence-electron chi connectivity index (χ0n) is 9.03. The van der Waals surface area contributed by atoms with Crippen LogP contribution < -0.4 is 5.43 Å². The van der Waals surface area contributed by atoms with Crippen molar-refractivity contribution in [1.29, 1.82) is 0 Å². The van der Waals surface area contributed by atoms with Gasteiger partial charge in [0.15, 0.2) is 5.43 Å². The van der Waals surface area contributed by atoms with Crippen molar-refractivity contribution in [2.45, 2.75) is 20.3 Å². The molecule has 0 radical (unpaired) electrons. The summed E-state index contributed by atoms with van der Waals surface area (Å²) in [5.41, 5.74) is 2.31. The van der Waals surface area contributed by atoms with Gasteiger partial charge in [-0.2, -0.15) is 0 Å². The highest BCUT2D eigenvalue weighted by atomic mass is 35.5. The molecule has 0 unspecified atom stereocenters. The van der Waals surface area contributed by atoms with E-state index in [2.05, 4.69) is 4.98 Å². The highest BCUT2D eigenvalue weighted by molar-refractivity contribution is 6.38. The number of H-pyrrole nitrogens is 1. The van der Waals surface area contributed by atoms with Crippen molar-refractivity contribution in [3.63, 3.8) is 0 Å². The van der Waals surface area contributed by atoms with E-state index in [0.717, 1.165) is 17.7 Å². The van der Waals surface area contributed by atoms with Gasteiger partial charge < -0.3 is 4.98 Å². The van der Waals surface area contributed by atoms with E-state index in [0.29, 0.717) is 20.9 Å². The minimum atomic E-state index is -0.00463. The molecule has 0 saturated carbocycles. The highest BCUT2D eigenvalue weighted by Gasteiger charge is 2.10. The summed E-state index contributed by atoms with van der Waals surface area (Å²) >= 11 is 11.9. The van der Waals surface area contributed by atoms with Gasteiger partial charge in [-0.15, -0.1) is 0 Å². The SMILES string of the molecule is CCc1[nH]c2c(Cl)cc(Cl)cc2c(=O)c1C. The van der Waals surface area contributed by atoms with Crippen molar-refractivity contribution in [1.82, 2.24) is 4.98 Å². The number of rotatable bonds is 1. The number of aromatic nitrogens is 1. The molecule has 0 spiro atoms. The summed E-state index contributed by atoms with van der Waals surface area (Å²) in [7, 11) is 0. The van der Waals surface area contributed by atoms with Gasteiger partial charge in [-0.3, -0.25) is 4.79 Å². The molecule has 2 nitrogen and oxygen atoms in total. The van der Waals surface area contributed by atoms with Crippen molar-refractivity contribution >= 4 is 34.1 Å². The third kappa shape index (κ3) is 1.72. The first-order valence-electron chi connectivity index (χ1n) is 5.05. The molecule has 0 fully saturated rings. The van der Waals surface area contributed by atoms with Crippen LogP contribution in [0.3, 0.4) is 0 Å². The van der Waals surface area contributed by atoms with E-state index in [9.17, 15) is 4.79 Å². The number of hydrogen-bond donors (Lipinski definition) is 1. The Morgan fingerprint density at radius 2 is 2.00 bits per heavy atom. The second-order valence-electron chi connectivity index (χ2n) is 3.72. The number of aromatic amines is 1. The first-order chi connectivity index (χ1) is 7.54. The van der Waals surface area contributed by atoms with Crippen LogP contribution in [0.1, 0.15) is 18.2 Å². The Bertz CT molecular complexity index is 616. The molecule has 2 rings (SSSR count). The lowest BCUT2D eigenvalue weighted by Gasteiger charge is -2.08. The summed E-state index contributed by atoms with van der Waals surface area (Å²) in [6.45, 7) is 3.81. The Hall–Kier alpha value is -0.990. The maximum Gasteiger partial charge on any atom is 0.192 e. The number of nitrogens with one attached hydrogen (secondary N) is 1. The second kappa shape index (κ2) is 4.11. The van der Waals surface area contributed by atoms with Gasteiger partial charge in [-0.05, 0) is 25.5 Å². The van der Waals surface area contributed by atoms with Crippen molar-refractivity contribution in [3.05, 3.63) is 43.7 Å². The summed E-state index contributed by atoms with van der Waals surface area (Å²) < 4.78 is 0. The van der Waals surface area contributed by atoms with Crippen molar-refractivity contribution in [2.75, 3.05) is 0 Å². The number of benzene rings is 1. The molecular formula is C12H11Cl2NO. The van der Waals surface area contributed by atoms with Gasteiger partial charge in [0.2, 0.25) is 0 Å². The molecule has 84 valence electrons. The van der Waals surface area contributed by atoms with Gasteiger partial charge in [-0.1, -0.05) is 30.1 Å². The zero-order valence-corrected chi connectivity index (χ0v) is 10.5. The average Bonchev–Trinajstić information content (AvgIpc) is 2.24. The third-order valence-corrected chi connectivity index (χ3v) is 3.24. The molecule has 16 heavy (non-hydrogen) atoms. The summed E-state index contributed by atoms with van der Waals surface area (Å²) in [5.74, 6) is 0. The number of halogens is 2. The number of hydrogen-bond acceptors (Lipinski definition) is 1. The minimum Gasteiger partial charge on any atom is -0.357 e. The predicted octanol–water partition coefficient (Wildman–Crippen LogP) is 3.71. The summed E-state index contributed by atoms with van der Waals surface area (Å²) in [5, 5.41) is 1.51. The quantitative estimate of drug-likeness (QED) is 0.828. The Balaban J connectivity index is 2.99. The van der Waals surface area contributed by atoms with Crippen LogP contribution in [0.25, 0.3) is 10.9 Å². The lowest BCUT2D eigenvalue weighted by atomic mass is 10.1. The largest absolute Gasteiger partial charge is 0.357 e. The third-order valence-electron chi connectivity index (χ3n) is 2.72. The predicted molar refractivity (Wildman–Crippen MR) is 68.7 cm³/mol. The summed E-state index contributed by atoms with van der Waals surface area (Å²) in [4.78, 5) is 15.3. The molecule has 1 heterocycles. The number of aryl methyl sites for hydroxylation is 1. The molecule has 0 saturated heterocycles. The van der Waals surface area contributed by atoms with E-state index in [1.54, 1.807) is 12.1 Å². The van der Waals surface area contributed by atoms with E-state index < -0.39 is 0 Å². The summed E-state index contributed by atoms with van der Waals surface area (Å²) in [6.07, 6.45) is 0.774. The normalized spacial score (nSPS) is 11.0. The highest BCUT2D eigenvalue weighted by Crippen LogP contribution is 2.25. The fourth-order valence-corrected chi connectivity index (χ4v) is 2.36. The molecule has 1 N–H and O–H groups in total. The first-order valence-corrected chi connectivity index (χ1v) is 5.80. The maximum atomic E-state index is 12.1. The van der Waals surface area contributed by atoms with Gasteiger partial charge in [-0.25, -0.2) is 0 Å². The van der Waals surface area contributed by atoms with Gasteiger partial charge in [0.25, 0.3) is 0 Å². The van der Waals surface area contributed by atoms with E-state index in [4.69, 9.17) is 23.2 Å². The monoisotopic (exact) mass is 255 g/mol. The van der Waals surface area contributed by atoms with Crippen LogP contribution in [-0.4, -0.2) is 4.98 Å². The van der Waals surface area contributed by atoms with Crippen molar-refractivity contribution < 1.29 is 0 Å². The van der Waals surface area contributed by atoms with Crippen molar-refractivity contribution in [2.24, 2.45) is 0 Å². The van der Waals surface area contributed by atoms with Gasteiger partial charge in [0.1, 0.15) is 0 Å². The molecule has 0 bridgehead atoms. The molecule has 1 aromatic heterocycles. The molecule has 0 atom stereocenters. The Kier molecular flexibility index (Phi) is 2.96. The Morgan fingerprint density at radius 1 is 1.31 bits per heavy atom.